The Bertz CT molecular complexity index is 3570. The summed E-state index contributed by atoms with van der Waals surface area (Å²) in [6.07, 6.45) is -14.5. The molecule has 16 atom stereocenters. The Morgan fingerprint density at radius 2 is 1.30 bits per heavy atom. The number of nitrogens with two attached hydrogens (primary N) is 2. The molecule has 6 aromatic heterocycles. The second-order valence-electron chi connectivity index (χ2n) is 17.5. The number of fused-ring (bicyclic) bond motifs is 3. The molecule has 0 saturated carbocycles. The van der Waals surface area contributed by atoms with Gasteiger partial charge in [-0.05, 0) is 0 Å². The van der Waals surface area contributed by atoms with Gasteiger partial charge in [-0.1, -0.05) is 4.98 Å². The van der Waals surface area contributed by atoms with E-state index in [1.54, 1.807) is 7.05 Å². The Morgan fingerprint density at radius 1 is 0.700 bits per heavy atom. The van der Waals surface area contributed by atoms with Crippen LogP contribution in [0, 0.1) is 0 Å². The molecule has 3 fully saturated rings. The predicted octanol–water partition coefficient (Wildman–Crippen LogP) is -3.58. The minimum Gasteiger partial charge on any atom is -0.387 e. The van der Waals surface area contributed by atoms with Crippen LogP contribution in [0.1, 0.15) is 18.7 Å². The molecule has 6 aromatic rings. The number of aromatic nitrogens is 12. The molecular weight excluding hydrogens is 1170 g/mol. The maximum atomic E-state index is 13.8. The maximum Gasteiger partial charge on any atom is 0.490 e. The zero-order valence-corrected chi connectivity index (χ0v) is 45.2. The van der Waals surface area contributed by atoms with Gasteiger partial charge in [-0.2, -0.15) is 13.6 Å². The number of aromatic amines is 2. The van der Waals surface area contributed by atoms with E-state index in [0.29, 0.717) is 0 Å². The van der Waals surface area contributed by atoms with Crippen LogP contribution in [0.15, 0.2) is 34.9 Å². The molecule has 0 bridgehead atoms. The molecule has 3 saturated heterocycles. The molecule has 44 heteroatoms. The minimum absolute atomic E-state index is 0.00399. The second kappa shape index (κ2) is 23.2. The van der Waals surface area contributed by atoms with Gasteiger partial charge in [-0.3, -0.25) is 51.4 Å². The average Bonchev–Trinajstić information content (AvgIpc) is 4.29. The molecule has 0 aromatic carbocycles. The van der Waals surface area contributed by atoms with Gasteiger partial charge in [-0.25, -0.2) is 42.8 Å². The van der Waals surface area contributed by atoms with E-state index >= 15 is 0 Å². The summed E-state index contributed by atoms with van der Waals surface area (Å²) in [4.78, 5) is 97.2. The van der Waals surface area contributed by atoms with Crippen LogP contribution in [0.4, 0.5) is 17.7 Å². The molecule has 0 spiro atoms. The van der Waals surface area contributed by atoms with Gasteiger partial charge in [0.1, 0.15) is 66.8 Å². The van der Waals surface area contributed by atoms with Gasteiger partial charge in [0, 0.05) is 21.3 Å². The number of nitrogens with one attached hydrogen (secondary N) is 3. The van der Waals surface area contributed by atoms with Crippen LogP contribution < -0.4 is 32.5 Å². The van der Waals surface area contributed by atoms with E-state index < -0.39 is 136 Å². The summed E-state index contributed by atoms with van der Waals surface area (Å²) in [5.41, 5.74) is 9.96. The Labute approximate surface area is 445 Å². The van der Waals surface area contributed by atoms with Crippen LogP contribution in [0.2, 0.25) is 0 Å². The van der Waals surface area contributed by atoms with Gasteiger partial charge in [0.25, 0.3) is 17.1 Å². The Kier molecular flexibility index (Phi) is 17.3. The van der Waals surface area contributed by atoms with Crippen LogP contribution in [0.3, 0.4) is 0 Å². The van der Waals surface area contributed by atoms with Crippen molar-refractivity contribution in [2.75, 3.05) is 71.1 Å². The Morgan fingerprint density at radius 3 is 1.96 bits per heavy atom. The maximum absolute atomic E-state index is 13.8. The van der Waals surface area contributed by atoms with Crippen LogP contribution >= 0.6 is 31.3 Å². The zero-order chi connectivity index (χ0) is 57.8. The van der Waals surface area contributed by atoms with Crippen molar-refractivity contribution in [3.8, 4) is 0 Å². The van der Waals surface area contributed by atoms with Crippen molar-refractivity contribution < 1.29 is 113 Å². The fourth-order valence-corrected chi connectivity index (χ4v) is 13.4. The molecule has 440 valence electrons. The third-order valence-corrected chi connectivity index (χ3v) is 17.6. The number of imidazole rings is 3. The van der Waals surface area contributed by atoms with Crippen molar-refractivity contribution in [1.82, 2.24) is 53.6 Å². The molecular formula is C36H52N15O25P4+. The lowest BCUT2D eigenvalue weighted by molar-refractivity contribution is -0.745. The first-order chi connectivity index (χ1) is 37.7. The van der Waals surface area contributed by atoms with Crippen molar-refractivity contribution in [3.63, 3.8) is 0 Å². The zero-order valence-electron chi connectivity index (χ0n) is 41.7. The molecule has 9 heterocycles. The highest BCUT2D eigenvalue weighted by molar-refractivity contribution is 7.66. The van der Waals surface area contributed by atoms with Gasteiger partial charge in [0.2, 0.25) is 17.7 Å². The fourth-order valence-electron chi connectivity index (χ4n) is 8.91. The van der Waals surface area contributed by atoms with E-state index in [9.17, 15) is 62.7 Å². The molecule has 0 aliphatic carbocycles. The van der Waals surface area contributed by atoms with E-state index in [4.69, 9.17) is 58.0 Å². The Hall–Kier alpha value is -5.19. The first-order valence-corrected chi connectivity index (χ1v) is 29.1. The normalized spacial score (nSPS) is 29.3. The van der Waals surface area contributed by atoms with Gasteiger partial charge < -0.3 is 80.1 Å². The average molecular weight is 1220 g/mol. The number of phosphoric acid groups is 4. The molecule has 3 aliphatic rings. The summed E-state index contributed by atoms with van der Waals surface area (Å²) in [5.74, 6) is -0.342. The van der Waals surface area contributed by atoms with Crippen molar-refractivity contribution in [2.45, 2.75) is 73.6 Å². The lowest BCUT2D eigenvalue weighted by Gasteiger charge is -2.26. The highest BCUT2D eigenvalue weighted by Crippen LogP contribution is 2.68. The number of ether oxygens (including phenoxy) is 6. The van der Waals surface area contributed by atoms with Crippen LogP contribution in [-0.4, -0.2) is 198 Å². The lowest BCUT2D eigenvalue weighted by atomic mass is 10.1. The summed E-state index contributed by atoms with van der Waals surface area (Å²) in [6, 6.07) is 0. The number of anilines is 3. The topological polar surface area (TPSA) is 546 Å². The summed E-state index contributed by atoms with van der Waals surface area (Å²) in [7, 11) is -18.0. The van der Waals surface area contributed by atoms with Crippen molar-refractivity contribution in [1.29, 1.82) is 0 Å². The van der Waals surface area contributed by atoms with E-state index in [1.165, 1.54) is 40.5 Å². The van der Waals surface area contributed by atoms with Crippen molar-refractivity contribution >= 4 is 82.5 Å². The standard InChI is InChI=1S/C36H51N15O25P4/c1-39-26-17-27(41-10-40-26)49(11-42-17)34-25(66-4)24(74-77(57,58)68-7-14-20(52)21(53)32(71-14)50-12-43-18-28(50)44-35(37)46-30(18)55)16(73-34)9-70-79(61,62)76-80(63,64)75-78(59,60)69-8-15-23(67-6-5-65-3)22(54)33(72-15)51-13-48(2)19-29(51)45-36(38)47-31(19)56/h10-16,20-25,32-34,52-54H,5-9H2,1-4H3,(H10-,37,38,39,40,41,44,45,46,47,55,56,57,58,59,60,61,62,63,64)/p+1/t14-,15-,16-,20+,21?,22+,23?,24+,25?,32-,33-,34-/m1/s1. The van der Waals surface area contributed by atoms with Crippen molar-refractivity contribution in [3.05, 3.63) is 46.0 Å². The molecule has 7 unspecified atom stereocenters. The summed E-state index contributed by atoms with van der Waals surface area (Å²) < 4.78 is 122. The number of hydrogen-bond acceptors (Lipinski definition) is 30. The number of aliphatic hydroxyl groups is 3. The number of nitrogens with zero attached hydrogens (tertiary/aromatic N) is 10. The van der Waals surface area contributed by atoms with E-state index in [0.717, 1.165) is 24.3 Å². The quantitative estimate of drug-likeness (QED) is 0.0158. The smallest absolute Gasteiger partial charge is 0.387 e. The number of aryl methyl sites for hydroxylation is 1. The van der Waals surface area contributed by atoms with Crippen LogP contribution in [0.5, 0.6) is 0 Å². The highest BCUT2D eigenvalue weighted by Gasteiger charge is 2.54. The monoisotopic (exact) mass is 1220 g/mol. The van der Waals surface area contributed by atoms with Gasteiger partial charge in [0.05, 0.1) is 52.7 Å². The van der Waals surface area contributed by atoms with Gasteiger partial charge in [-0.15, -0.1) is 0 Å². The van der Waals surface area contributed by atoms with Gasteiger partial charge >= 0.3 is 36.9 Å². The second-order valence-corrected chi connectivity index (χ2v) is 23.6. The van der Waals surface area contributed by atoms with Crippen molar-refractivity contribution in [2.24, 2.45) is 7.05 Å². The number of phosphoric ester groups is 3. The largest absolute Gasteiger partial charge is 0.490 e. The predicted molar refractivity (Wildman–Crippen MR) is 260 cm³/mol. The number of nitrogen functional groups attached to an aromatic ring is 2. The third kappa shape index (κ3) is 12.3. The molecule has 9 rings (SSSR count). The molecule has 40 nitrogen and oxygen atoms in total. The fraction of sp³-hybridized carbons (Fsp3) is 0.583. The van der Waals surface area contributed by atoms with Crippen LogP contribution in [0.25, 0.3) is 33.5 Å². The number of aliphatic hydroxyl groups excluding tert-OH is 3. The third-order valence-electron chi connectivity index (χ3n) is 12.3. The molecule has 3 aliphatic heterocycles. The summed E-state index contributed by atoms with van der Waals surface area (Å²) in [6.45, 7) is -3.43. The van der Waals surface area contributed by atoms with E-state index in [1.807, 2.05) is 0 Å². The van der Waals surface area contributed by atoms with Crippen LogP contribution in [-0.2, 0) is 80.4 Å². The first kappa shape index (κ1) is 59.4. The number of H-pyrrole nitrogens is 2. The highest BCUT2D eigenvalue weighted by atomic mass is 31.3. The SMILES string of the molecule is CNc1ncnc2c1ncn2[C@@H]1O[C@H](COP(=O)(O)OP(=O)(O)OP(=O)(O)OC[C@H]2O[C@@H]([n+]3cn(C)c4c(=O)[nH]c(N)nc43)[C@@H](O)C2OCCOC)[C@H](OP(=O)(O)OC[C@H]2O[C@@H](n3cnc4c(=O)[nH]c(N)nc43)C(O)[C@H]2O)C1OC. The Balaban J connectivity index is 0.878. The summed E-state index contributed by atoms with van der Waals surface area (Å²) >= 11 is 0. The van der Waals surface area contributed by atoms with E-state index in [2.05, 4.69) is 53.8 Å². The van der Waals surface area contributed by atoms with E-state index in [-0.39, 0.29) is 64.4 Å². The molecule has 0 radical (unpaired) electrons. The first-order valence-electron chi connectivity index (χ1n) is 23.1. The molecule has 80 heavy (non-hydrogen) atoms. The van der Waals surface area contributed by atoms with Gasteiger partial charge in [0.15, 0.2) is 41.4 Å². The lowest BCUT2D eigenvalue weighted by Crippen LogP contribution is -2.46. The number of rotatable bonds is 24. The summed E-state index contributed by atoms with van der Waals surface area (Å²) in [5, 5.41) is 36.0. The number of methoxy groups -OCH3 is 2. The molecule has 14 N–H and O–H groups in total. The molecule has 0 amide bonds. The minimum atomic E-state index is -6.21. The number of hydrogen-bond donors (Lipinski definition) is 12.